The Kier molecular flexibility index (Phi) is 2.79. The van der Waals surface area contributed by atoms with Crippen LogP contribution in [-0.2, 0) is 0 Å². The summed E-state index contributed by atoms with van der Waals surface area (Å²) in [4.78, 5) is 0. The van der Waals surface area contributed by atoms with Crippen LogP contribution in [0, 0.1) is 0 Å². The van der Waals surface area contributed by atoms with Gasteiger partial charge in [-0.15, -0.1) is 0 Å². The lowest BCUT2D eigenvalue weighted by molar-refractivity contribution is 0.520. The maximum absolute atomic E-state index is 3.28. The SMILES string of the molecule is C1=C2CC2c2ccccc21.C1CCNCC1. The van der Waals surface area contributed by atoms with Crippen molar-refractivity contribution in [2.75, 3.05) is 13.1 Å². The largest absolute Gasteiger partial charge is 0.317 e. The highest BCUT2D eigenvalue weighted by Crippen LogP contribution is 2.54. The van der Waals surface area contributed by atoms with Crippen molar-refractivity contribution >= 4 is 6.08 Å². The molecule has 1 N–H and O–H groups in total. The van der Waals surface area contributed by atoms with Crippen molar-refractivity contribution in [3.05, 3.63) is 41.0 Å². The van der Waals surface area contributed by atoms with Gasteiger partial charge in [0.1, 0.15) is 0 Å². The van der Waals surface area contributed by atoms with Gasteiger partial charge in [-0.3, -0.25) is 0 Å². The first-order chi connectivity index (χ1) is 7.95. The van der Waals surface area contributed by atoms with Crippen LogP contribution in [0.15, 0.2) is 29.8 Å². The monoisotopic (exact) mass is 213 g/mol. The Morgan fingerprint density at radius 1 is 1.00 bits per heavy atom. The van der Waals surface area contributed by atoms with E-state index in [0.717, 1.165) is 5.92 Å². The number of nitrogens with one attached hydrogen (secondary N) is 1. The van der Waals surface area contributed by atoms with E-state index in [0.29, 0.717) is 0 Å². The number of benzene rings is 1. The Hall–Kier alpha value is -1.08. The van der Waals surface area contributed by atoms with Gasteiger partial charge in [0.2, 0.25) is 0 Å². The molecule has 4 rings (SSSR count). The molecule has 1 heterocycles. The molecule has 1 atom stereocenters. The summed E-state index contributed by atoms with van der Waals surface area (Å²) in [5.41, 5.74) is 4.65. The van der Waals surface area contributed by atoms with Crippen molar-refractivity contribution in [1.29, 1.82) is 0 Å². The molecule has 0 aromatic heterocycles. The van der Waals surface area contributed by atoms with Gasteiger partial charge in [-0.1, -0.05) is 42.3 Å². The summed E-state index contributed by atoms with van der Waals surface area (Å²) >= 11 is 0. The van der Waals surface area contributed by atoms with E-state index in [4.69, 9.17) is 0 Å². The van der Waals surface area contributed by atoms with Gasteiger partial charge in [0.15, 0.2) is 0 Å². The van der Waals surface area contributed by atoms with E-state index in [1.807, 2.05) is 0 Å². The molecule has 2 fully saturated rings. The number of fused-ring (bicyclic) bond motifs is 3. The number of hydrogen-bond donors (Lipinski definition) is 1. The maximum atomic E-state index is 3.28. The molecule has 0 amide bonds. The first-order valence-corrected chi connectivity index (χ1v) is 6.45. The van der Waals surface area contributed by atoms with E-state index >= 15 is 0 Å². The van der Waals surface area contributed by atoms with E-state index < -0.39 is 0 Å². The van der Waals surface area contributed by atoms with Gasteiger partial charge in [-0.05, 0) is 43.5 Å². The van der Waals surface area contributed by atoms with Gasteiger partial charge in [-0.25, -0.2) is 0 Å². The second-order valence-electron chi connectivity index (χ2n) is 4.92. The molecular formula is C15H19N. The molecule has 1 unspecified atom stereocenters. The fourth-order valence-electron chi connectivity index (χ4n) is 2.61. The van der Waals surface area contributed by atoms with E-state index in [-0.39, 0.29) is 0 Å². The first-order valence-electron chi connectivity index (χ1n) is 6.45. The van der Waals surface area contributed by atoms with Gasteiger partial charge in [-0.2, -0.15) is 0 Å². The Balaban J connectivity index is 0.000000117. The Morgan fingerprint density at radius 3 is 2.44 bits per heavy atom. The Bertz CT molecular complexity index is 390. The summed E-state index contributed by atoms with van der Waals surface area (Å²) in [6, 6.07) is 8.69. The molecule has 2 aliphatic carbocycles. The third-order valence-corrected chi connectivity index (χ3v) is 3.65. The lowest BCUT2D eigenvalue weighted by Crippen LogP contribution is -2.21. The molecule has 1 aromatic rings. The average Bonchev–Trinajstić information content (AvgIpc) is 3.05. The van der Waals surface area contributed by atoms with E-state index in [2.05, 4.69) is 35.7 Å². The minimum atomic E-state index is 0.830. The van der Waals surface area contributed by atoms with Gasteiger partial charge in [0.05, 0.1) is 0 Å². The van der Waals surface area contributed by atoms with Crippen LogP contribution in [0.5, 0.6) is 0 Å². The zero-order valence-electron chi connectivity index (χ0n) is 9.71. The number of hydrogen-bond acceptors (Lipinski definition) is 1. The first kappa shape index (κ1) is 10.1. The summed E-state index contributed by atoms with van der Waals surface area (Å²) in [5.74, 6) is 0.830. The standard InChI is InChI=1S/C10H8.C5H11N/c1-2-4-9-7(3-1)5-8-6-10(8)9;1-2-4-6-5-3-1/h1-5,10H,6H2;6H,1-5H2. The van der Waals surface area contributed by atoms with E-state index in [1.54, 1.807) is 11.1 Å². The van der Waals surface area contributed by atoms with Crippen molar-refractivity contribution in [1.82, 2.24) is 5.32 Å². The normalized spacial score (nSPS) is 24.8. The second kappa shape index (κ2) is 4.42. The van der Waals surface area contributed by atoms with E-state index in [9.17, 15) is 0 Å². The number of allylic oxidation sites excluding steroid dienone is 1. The fourth-order valence-corrected chi connectivity index (χ4v) is 2.61. The van der Waals surface area contributed by atoms with Gasteiger partial charge < -0.3 is 5.32 Å². The summed E-state index contributed by atoms with van der Waals surface area (Å²) in [5, 5.41) is 3.28. The maximum Gasteiger partial charge on any atom is 0.00952 e. The van der Waals surface area contributed by atoms with Gasteiger partial charge >= 0.3 is 0 Å². The predicted molar refractivity (Wildman–Crippen MR) is 68.5 cm³/mol. The number of rotatable bonds is 0. The molecule has 1 saturated carbocycles. The molecule has 3 aliphatic rings. The molecule has 1 aromatic carbocycles. The molecule has 0 bridgehead atoms. The van der Waals surface area contributed by atoms with Crippen LogP contribution in [0.1, 0.15) is 42.7 Å². The average molecular weight is 213 g/mol. The van der Waals surface area contributed by atoms with Crippen molar-refractivity contribution in [3.8, 4) is 0 Å². The van der Waals surface area contributed by atoms with Crippen molar-refractivity contribution in [2.45, 2.75) is 31.6 Å². The Morgan fingerprint density at radius 2 is 1.81 bits per heavy atom. The minimum Gasteiger partial charge on any atom is -0.317 e. The van der Waals surface area contributed by atoms with Crippen LogP contribution in [0.3, 0.4) is 0 Å². The zero-order chi connectivity index (χ0) is 10.8. The van der Waals surface area contributed by atoms with E-state index in [1.165, 1.54) is 44.3 Å². The molecule has 1 aliphatic heterocycles. The lowest BCUT2D eigenvalue weighted by Gasteiger charge is -2.08. The summed E-state index contributed by atoms with van der Waals surface area (Å²) in [7, 11) is 0. The van der Waals surface area contributed by atoms with Crippen LogP contribution < -0.4 is 5.32 Å². The molecule has 1 heteroatoms. The van der Waals surface area contributed by atoms with Crippen molar-refractivity contribution in [2.24, 2.45) is 0 Å². The van der Waals surface area contributed by atoms with Crippen LogP contribution in [-0.4, -0.2) is 13.1 Å². The highest BCUT2D eigenvalue weighted by Gasteiger charge is 2.36. The minimum absolute atomic E-state index is 0.830. The Labute approximate surface area is 97.6 Å². The third kappa shape index (κ3) is 2.05. The number of piperidine rings is 1. The van der Waals surface area contributed by atoms with Crippen LogP contribution in [0.25, 0.3) is 6.08 Å². The van der Waals surface area contributed by atoms with Crippen molar-refractivity contribution < 1.29 is 0 Å². The molecule has 0 radical (unpaired) electrons. The highest BCUT2D eigenvalue weighted by molar-refractivity contribution is 5.72. The lowest BCUT2D eigenvalue weighted by atomic mass is 10.1. The molecular weight excluding hydrogens is 194 g/mol. The zero-order valence-corrected chi connectivity index (χ0v) is 9.71. The van der Waals surface area contributed by atoms with Gasteiger partial charge in [0, 0.05) is 5.92 Å². The second-order valence-corrected chi connectivity index (χ2v) is 4.92. The highest BCUT2D eigenvalue weighted by atomic mass is 14.9. The van der Waals surface area contributed by atoms with Crippen LogP contribution in [0.2, 0.25) is 0 Å². The predicted octanol–water partition coefficient (Wildman–Crippen LogP) is 3.33. The third-order valence-electron chi connectivity index (χ3n) is 3.65. The quantitative estimate of drug-likeness (QED) is 0.697. The topological polar surface area (TPSA) is 12.0 Å². The van der Waals surface area contributed by atoms with Crippen LogP contribution in [0.4, 0.5) is 0 Å². The molecule has 16 heavy (non-hydrogen) atoms. The molecule has 84 valence electrons. The molecule has 1 saturated heterocycles. The molecule has 1 nitrogen and oxygen atoms in total. The summed E-state index contributed by atoms with van der Waals surface area (Å²) < 4.78 is 0. The molecule has 0 spiro atoms. The van der Waals surface area contributed by atoms with Gasteiger partial charge in [0.25, 0.3) is 0 Å². The van der Waals surface area contributed by atoms with Crippen molar-refractivity contribution in [3.63, 3.8) is 0 Å². The van der Waals surface area contributed by atoms with Crippen LogP contribution >= 0.6 is 0 Å². The smallest absolute Gasteiger partial charge is 0.00952 e. The summed E-state index contributed by atoms with van der Waals surface area (Å²) in [6.45, 7) is 2.50. The summed E-state index contributed by atoms with van der Waals surface area (Å²) in [6.07, 6.45) is 7.88. The fraction of sp³-hybridized carbons (Fsp3) is 0.467.